The number of carboxylic acids is 1. The molecule has 2 N–H and O–H groups in total. The average Bonchev–Trinajstić information content (AvgIpc) is 2.86. The Balaban J connectivity index is 1.74. The molecule has 36 heavy (non-hydrogen) atoms. The Morgan fingerprint density at radius 2 is 1.89 bits per heavy atom. The van der Waals surface area contributed by atoms with Crippen LogP contribution in [0.4, 0.5) is 0 Å². The normalized spacial score (nSPS) is 11.7. The highest BCUT2D eigenvalue weighted by molar-refractivity contribution is 5.95. The molecule has 0 radical (unpaired) electrons. The number of amides is 1. The molecule has 1 amide bonds. The first-order valence-corrected chi connectivity index (χ1v) is 11.5. The number of rotatable bonds is 11. The van der Waals surface area contributed by atoms with Gasteiger partial charge in [0.2, 0.25) is 0 Å². The Kier molecular flexibility index (Phi) is 8.86. The van der Waals surface area contributed by atoms with E-state index in [0.29, 0.717) is 23.6 Å². The van der Waals surface area contributed by atoms with Crippen molar-refractivity contribution in [3.63, 3.8) is 0 Å². The number of nitrogens with one attached hydrogen (secondary N) is 1. The molecule has 0 saturated heterocycles. The number of ether oxygens (including phenoxy) is 1. The second kappa shape index (κ2) is 12.0. The summed E-state index contributed by atoms with van der Waals surface area (Å²) >= 11 is 0. The van der Waals surface area contributed by atoms with E-state index in [1.807, 2.05) is 50.2 Å². The number of aliphatic carboxylic acids is 1. The molecule has 1 aromatic heterocycles. The second-order valence-corrected chi connectivity index (χ2v) is 8.53. The summed E-state index contributed by atoms with van der Waals surface area (Å²) < 4.78 is 5.21. The number of hydrogen-bond donors (Lipinski definition) is 2. The van der Waals surface area contributed by atoms with Crippen molar-refractivity contribution in [3.05, 3.63) is 88.5 Å². The number of carbonyl (C=O) groups is 3. The molecule has 0 spiro atoms. The van der Waals surface area contributed by atoms with Crippen molar-refractivity contribution in [2.75, 3.05) is 13.7 Å². The summed E-state index contributed by atoms with van der Waals surface area (Å²) in [6, 6.07) is 14.2. The van der Waals surface area contributed by atoms with Crippen molar-refractivity contribution in [1.29, 1.82) is 0 Å². The van der Waals surface area contributed by atoms with Crippen molar-refractivity contribution in [1.82, 2.24) is 20.2 Å². The molecule has 0 aliphatic heterocycles. The van der Waals surface area contributed by atoms with E-state index < -0.39 is 5.97 Å². The predicted molar refractivity (Wildman–Crippen MR) is 134 cm³/mol. The fourth-order valence-corrected chi connectivity index (χ4v) is 3.93. The Hall–Kier alpha value is -4.11. The Labute approximate surface area is 210 Å². The third-order valence-electron chi connectivity index (χ3n) is 5.91. The minimum atomic E-state index is -0.982. The molecule has 1 atom stereocenters. The number of carbonyl (C=O) groups excluding carboxylic acids is 2. The number of aromatic nitrogens is 2. The van der Waals surface area contributed by atoms with Gasteiger partial charge in [0, 0.05) is 24.7 Å². The van der Waals surface area contributed by atoms with Gasteiger partial charge >= 0.3 is 5.97 Å². The van der Waals surface area contributed by atoms with Gasteiger partial charge < -0.3 is 15.2 Å². The molecule has 9 heteroatoms. The first-order valence-electron chi connectivity index (χ1n) is 11.5. The van der Waals surface area contributed by atoms with Crippen LogP contribution in [-0.2, 0) is 17.9 Å². The fourth-order valence-electron chi connectivity index (χ4n) is 3.93. The van der Waals surface area contributed by atoms with Gasteiger partial charge in [0.05, 0.1) is 19.3 Å². The number of methoxy groups -OCH3 is 1. The predicted octanol–water partition coefficient (Wildman–Crippen LogP) is 3.57. The average molecular weight is 491 g/mol. The summed E-state index contributed by atoms with van der Waals surface area (Å²) in [5.74, 6) is -0.670. The van der Waals surface area contributed by atoms with Crippen molar-refractivity contribution < 1.29 is 24.2 Å². The third-order valence-corrected chi connectivity index (χ3v) is 5.91. The molecule has 0 saturated carbocycles. The van der Waals surface area contributed by atoms with Crippen molar-refractivity contribution in [2.45, 2.75) is 39.9 Å². The van der Waals surface area contributed by atoms with Crippen LogP contribution < -0.4 is 10.1 Å². The number of Topliss-reactive ketones (excluding diaryl/α,β-unsaturated/α-hetero) is 1. The number of aryl methyl sites for hydroxylation is 1. The number of benzene rings is 2. The third kappa shape index (κ3) is 6.96. The van der Waals surface area contributed by atoms with E-state index in [4.69, 9.17) is 4.74 Å². The molecule has 9 nitrogen and oxygen atoms in total. The van der Waals surface area contributed by atoms with Crippen LogP contribution in [-0.4, -0.2) is 51.3 Å². The minimum absolute atomic E-state index is 0.0210. The highest BCUT2D eigenvalue weighted by atomic mass is 16.5. The van der Waals surface area contributed by atoms with Crippen LogP contribution in [0.2, 0.25) is 0 Å². The van der Waals surface area contributed by atoms with E-state index in [1.54, 1.807) is 24.1 Å². The van der Waals surface area contributed by atoms with Crippen LogP contribution in [0.3, 0.4) is 0 Å². The van der Waals surface area contributed by atoms with Crippen LogP contribution in [0.15, 0.2) is 54.9 Å². The van der Waals surface area contributed by atoms with Gasteiger partial charge in [-0.1, -0.05) is 30.3 Å². The summed E-state index contributed by atoms with van der Waals surface area (Å²) in [6.45, 7) is 5.54. The topological polar surface area (TPSA) is 122 Å². The maximum absolute atomic E-state index is 12.7. The lowest BCUT2D eigenvalue weighted by molar-refractivity contribution is -0.139. The highest BCUT2D eigenvalue weighted by Gasteiger charge is 2.21. The minimum Gasteiger partial charge on any atom is -0.497 e. The van der Waals surface area contributed by atoms with Gasteiger partial charge in [-0.25, -0.2) is 9.97 Å². The Morgan fingerprint density at radius 1 is 1.11 bits per heavy atom. The maximum atomic E-state index is 12.7. The molecule has 0 aliphatic rings. The Bertz CT molecular complexity index is 1260. The van der Waals surface area contributed by atoms with Gasteiger partial charge in [-0.05, 0) is 55.7 Å². The van der Waals surface area contributed by atoms with Gasteiger partial charge in [0.1, 0.15) is 17.8 Å². The van der Waals surface area contributed by atoms with E-state index >= 15 is 0 Å². The van der Waals surface area contributed by atoms with Crippen LogP contribution in [0.5, 0.6) is 5.75 Å². The van der Waals surface area contributed by atoms with Crippen LogP contribution in [0, 0.1) is 6.92 Å². The standard InChI is InChI=1S/C27H30N4O5/c1-17-10-21(8-9-24(17)19(3)32)18(2)31(15-26(33)34)14-22-12-25(30-16-29-22)27(35)28-13-20-6-5-7-23(11-20)36-4/h5-12,16,18H,13-15H2,1-4H3,(H,28,35)(H,33,34)/t18-/m0/s1. The first kappa shape index (κ1) is 26.5. The smallest absolute Gasteiger partial charge is 0.317 e. The van der Waals surface area contributed by atoms with E-state index in [2.05, 4.69) is 15.3 Å². The second-order valence-electron chi connectivity index (χ2n) is 8.53. The molecule has 0 aliphatic carbocycles. The van der Waals surface area contributed by atoms with Gasteiger partial charge in [-0.2, -0.15) is 0 Å². The molecular weight excluding hydrogens is 460 g/mol. The molecule has 2 aromatic carbocycles. The molecule has 0 fully saturated rings. The number of hydrogen-bond acceptors (Lipinski definition) is 7. The molecule has 0 bridgehead atoms. The molecule has 0 unspecified atom stereocenters. The van der Waals surface area contributed by atoms with Gasteiger partial charge in [-0.3, -0.25) is 19.3 Å². The van der Waals surface area contributed by atoms with E-state index in [1.165, 1.54) is 13.3 Å². The van der Waals surface area contributed by atoms with E-state index in [0.717, 1.165) is 16.7 Å². The SMILES string of the molecule is COc1cccc(CNC(=O)c2cc(CN(CC(=O)O)[C@@H](C)c3ccc(C(C)=O)c(C)c3)ncn2)c1. The van der Waals surface area contributed by atoms with E-state index in [-0.39, 0.29) is 36.5 Å². The molecule has 3 rings (SSSR count). The molecule has 188 valence electrons. The zero-order valence-corrected chi connectivity index (χ0v) is 20.8. The molecular formula is C27H30N4O5. The lowest BCUT2D eigenvalue weighted by atomic mass is 9.98. The van der Waals surface area contributed by atoms with Gasteiger partial charge in [0.25, 0.3) is 5.91 Å². The van der Waals surface area contributed by atoms with Crippen molar-refractivity contribution in [2.24, 2.45) is 0 Å². The lowest BCUT2D eigenvalue weighted by Gasteiger charge is -2.28. The number of nitrogens with zero attached hydrogens (tertiary/aromatic N) is 3. The largest absolute Gasteiger partial charge is 0.497 e. The lowest BCUT2D eigenvalue weighted by Crippen LogP contribution is -2.32. The number of carboxylic acid groups (broad SMARTS) is 1. The molecule has 3 aromatic rings. The highest BCUT2D eigenvalue weighted by Crippen LogP contribution is 2.24. The zero-order chi connectivity index (χ0) is 26.2. The fraction of sp³-hybridized carbons (Fsp3) is 0.296. The summed E-state index contributed by atoms with van der Waals surface area (Å²) in [4.78, 5) is 46.1. The van der Waals surface area contributed by atoms with Crippen molar-refractivity contribution in [3.8, 4) is 5.75 Å². The monoisotopic (exact) mass is 490 g/mol. The van der Waals surface area contributed by atoms with Crippen LogP contribution in [0.1, 0.15) is 63.1 Å². The molecule has 1 heterocycles. The van der Waals surface area contributed by atoms with Crippen molar-refractivity contribution >= 4 is 17.7 Å². The summed E-state index contributed by atoms with van der Waals surface area (Å²) in [5.41, 5.74) is 3.93. The first-order chi connectivity index (χ1) is 17.2. The van der Waals surface area contributed by atoms with Gasteiger partial charge in [0.15, 0.2) is 5.78 Å². The maximum Gasteiger partial charge on any atom is 0.317 e. The van der Waals surface area contributed by atoms with E-state index in [9.17, 15) is 19.5 Å². The van der Waals surface area contributed by atoms with Gasteiger partial charge in [-0.15, -0.1) is 0 Å². The number of ketones is 1. The van der Waals surface area contributed by atoms with Crippen LogP contribution >= 0.6 is 0 Å². The quantitative estimate of drug-likeness (QED) is 0.391. The summed E-state index contributed by atoms with van der Waals surface area (Å²) in [5, 5.41) is 12.3. The Morgan fingerprint density at radius 3 is 2.56 bits per heavy atom. The summed E-state index contributed by atoms with van der Waals surface area (Å²) in [6.07, 6.45) is 1.30. The van der Waals surface area contributed by atoms with Crippen LogP contribution in [0.25, 0.3) is 0 Å². The zero-order valence-electron chi connectivity index (χ0n) is 20.8. The summed E-state index contributed by atoms with van der Waals surface area (Å²) in [7, 11) is 1.58.